The first kappa shape index (κ1) is 10.5. The second-order valence-electron chi connectivity index (χ2n) is 3.58. The van der Waals surface area contributed by atoms with Crippen molar-refractivity contribution in [3.63, 3.8) is 0 Å². The molecule has 0 saturated heterocycles. The minimum atomic E-state index is 0.293. The van der Waals surface area contributed by atoms with Gasteiger partial charge >= 0.3 is 0 Å². The molecule has 0 radical (unpaired) electrons. The minimum Gasteiger partial charge on any atom is -0.373 e. The van der Waals surface area contributed by atoms with Crippen molar-refractivity contribution >= 4 is 5.78 Å². The highest BCUT2D eigenvalue weighted by molar-refractivity contribution is 5.82. The number of carbonyl (C=O) groups is 1. The number of hydrogen-bond acceptors (Lipinski definition) is 2. The molecule has 1 aliphatic carbocycles. The third-order valence-corrected chi connectivity index (χ3v) is 2.52. The third-order valence-electron chi connectivity index (χ3n) is 2.52. The van der Waals surface area contributed by atoms with Gasteiger partial charge in [-0.25, -0.2) is 0 Å². The molecule has 0 aromatic rings. The Balaban J connectivity index is 2.06. The minimum absolute atomic E-state index is 0.293. The van der Waals surface area contributed by atoms with Crippen LogP contribution in [0.3, 0.4) is 0 Å². The fourth-order valence-corrected chi connectivity index (χ4v) is 1.71. The van der Waals surface area contributed by atoms with E-state index >= 15 is 0 Å². The van der Waals surface area contributed by atoms with Crippen LogP contribution in [0.1, 0.15) is 32.1 Å². The van der Waals surface area contributed by atoms with Crippen molar-refractivity contribution in [1.29, 1.82) is 0 Å². The molecule has 0 atom stereocenters. The van der Waals surface area contributed by atoms with Crippen LogP contribution < -0.4 is 0 Å². The van der Waals surface area contributed by atoms with E-state index in [1.165, 1.54) is 12.8 Å². The summed E-state index contributed by atoms with van der Waals surface area (Å²) in [7, 11) is 0. The number of carbonyl (C=O) groups excluding carboxylic acids is 1. The number of ether oxygens (including phenoxy) is 1. The first-order valence-electron chi connectivity index (χ1n) is 5.06. The van der Waals surface area contributed by atoms with Gasteiger partial charge < -0.3 is 4.74 Å². The van der Waals surface area contributed by atoms with Crippen LogP contribution in [0.15, 0.2) is 12.7 Å². The van der Waals surface area contributed by atoms with Gasteiger partial charge in [0.25, 0.3) is 0 Å². The Bertz CT molecular complexity index is 169. The summed E-state index contributed by atoms with van der Waals surface area (Å²) in [6.45, 7) is 4.52. The lowest BCUT2D eigenvalue weighted by Crippen LogP contribution is -2.17. The van der Waals surface area contributed by atoms with Crippen LogP contribution in [-0.4, -0.2) is 19.0 Å². The van der Waals surface area contributed by atoms with Gasteiger partial charge in [-0.3, -0.25) is 4.79 Å². The Morgan fingerprint density at radius 3 is 2.77 bits per heavy atom. The molecule has 1 aliphatic rings. The summed E-state index contributed by atoms with van der Waals surface area (Å²) in [6, 6.07) is 0. The van der Waals surface area contributed by atoms with Gasteiger partial charge in [-0.1, -0.05) is 18.9 Å². The second kappa shape index (κ2) is 5.92. The third kappa shape index (κ3) is 3.73. The predicted molar refractivity (Wildman–Crippen MR) is 52.6 cm³/mol. The van der Waals surface area contributed by atoms with Gasteiger partial charge in [0.2, 0.25) is 0 Å². The molecule has 1 fully saturated rings. The normalized spacial score (nSPS) is 17.5. The van der Waals surface area contributed by atoms with E-state index in [1.807, 2.05) is 0 Å². The Labute approximate surface area is 80.0 Å². The van der Waals surface area contributed by atoms with Gasteiger partial charge in [0.1, 0.15) is 6.61 Å². The van der Waals surface area contributed by atoms with Gasteiger partial charge in [0.05, 0.1) is 6.61 Å². The molecule has 74 valence electrons. The van der Waals surface area contributed by atoms with E-state index in [1.54, 1.807) is 6.08 Å². The topological polar surface area (TPSA) is 26.3 Å². The quantitative estimate of drug-likeness (QED) is 0.465. The fraction of sp³-hybridized carbons (Fsp3) is 0.727. The molecule has 0 amide bonds. The van der Waals surface area contributed by atoms with E-state index in [4.69, 9.17) is 4.74 Å². The van der Waals surface area contributed by atoms with Gasteiger partial charge in [0, 0.05) is 5.92 Å². The van der Waals surface area contributed by atoms with E-state index in [0.29, 0.717) is 24.9 Å². The average molecular weight is 182 g/mol. The molecule has 2 nitrogen and oxygen atoms in total. The maximum atomic E-state index is 11.5. The van der Waals surface area contributed by atoms with Crippen LogP contribution in [-0.2, 0) is 9.53 Å². The highest BCUT2D eigenvalue weighted by atomic mass is 16.5. The molecule has 1 rings (SSSR count). The van der Waals surface area contributed by atoms with E-state index in [0.717, 1.165) is 19.3 Å². The van der Waals surface area contributed by atoms with Gasteiger partial charge in [-0.2, -0.15) is 0 Å². The van der Waals surface area contributed by atoms with Gasteiger partial charge in [-0.05, 0) is 19.3 Å². The summed E-state index contributed by atoms with van der Waals surface area (Å²) in [6.07, 6.45) is 7.21. The monoisotopic (exact) mass is 182 g/mol. The predicted octanol–water partition coefficient (Wildman–Crippen LogP) is 2.34. The smallest absolute Gasteiger partial charge is 0.161 e. The highest BCUT2D eigenvalue weighted by Crippen LogP contribution is 2.25. The summed E-state index contributed by atoms with van der Waals surface area (Å²) in [4.78, 5) is 11.5. The SMILES string of the molecule is C=CCCOCC(=O)C1CCCC1. The van der Waals surface area contributed by atoms with Crippen molar-refractivity contribution < 1.29 is 9.53 Å². The summed E-state index contributed by atoms with van der Waals surface area (Å²) in [5.41, 5.74) is 0. The van der Waals surface area contributed by atoms with Crippen molar-refractivity contribution in [2.75, 3.05) is 13.2 Å². The maximum absolute atomic E-state index is 11.5. The molecule has 0 heterocycles. The average Bonchev–Trinajstić information content (AvgIpc) is 2.65. The lowest BCUT2D eigenvalue weighted by atomic mass is 10.0. The van der Waals surface area contributed by atoms with Crippen molar-refractivity contribution in [1.82, 2.24) is 0 Å². The van der Waals surface area contributed by atoms with Crippen LogP contribution in [0.5, 0.6) is 0 Å². The van der Waals surface area contributed by atoms with E-state index in [9.17, 15) is 4.79 Å². The Hall–Kier alpha value is -0.630. The van der Waals surface area contributed by atoms with Crippen LogP contribution in [0.2, 0.25) is 0 Å². The highest BCUT2D eigenvalue weighted by Gasteiger charge is 2.21. The van der Waals surface area contributed by atoms with Crippen molar-refractivity contribution in [3.05, 3.63) is 12.7 Å². The Kier molecular flexibility index (Phi) is 4.76. The largest absolute Gasteiger partial charge is 0.373 e. The summed E-state index contributed by atoms with van der Waals surface area (Å²) >= 11 is 0. The first-order chi connectivity index (χ1) is 6.34. The Morgan fingerprint density at radius 1 is 1.46 bits per heavy atom. The number of ketones is 1. The summed E-state index contributed by atoms with van der Waals surface area (Å²) in [5, 5.41) is 0. The van der Waals surface area contributed by atoms with E-state index in [2.05, 4.69) is 6.58 Å². The zero-order valence-corrected chi connectivity index (χ0v) is 8.13. The van der Waals surface area contributed by atoms with Crippen molar-refractivity contribution in [2.24, 2.45) is 5.92 Å². The molecule has 0 spiro atoms. The summed E-state index contributed by atoms with van der Waals surface area (Å²) < 4.78 is 5.23. The van der Waals surface area contributed by atoms with Crippen molar-refractivity contribution in [3.8, 4) is 0 Å². The number of hydrogen-bond donors (Lipinski definition) is 0. The maximum Gasteiger partial charge on any atom is 0.161 e. The van der Waals surface area contributed by atoms with Crippen LogP contribution in [0, 0.1) is 5.92 Å². The molecule has 0 aromatic carbocycles. The van der Waals surface area contributed by atoms with Crippen LogP contribution in [0.25, 0.3) is 0 Å². The number of rotatable bonds is 6. The first-order valence-corrected chi connectivity index (χ1v) is 5.06. The molecule has 0 bridgehead atoms. The van der Waals surface area contributed by atoms with Crippen LogP contribution >= 0.6 is 0 Å². The zero-order valence-electron chi connectivity index (χ0n) is 8.13. The fourth-order valence-electron chi connectivity index (χ4n) is 1.71. The molecule has 1 saturated carbocycles. The molecule has 0 unspecified atom stereocenters. The van der Waals surface area contributed by atoms with E-state index in [-0.39, 0.29) is 0 Å². The van der Waals surface area contributed by atoms with Crippen molar-refractivity contribution in [2.45, 2.75) is 32.1 Å². The molecular weight excluding hydrogens is 164 g/mol. The molecule has 13 heavy (non-hydrogen) atoms. The van der Waals surface area contributed by atoms with E-state index < -0.39 is 0 Å². The lowest BCUT2D eigenvalue weighted by molar-refractivity contribution is -0.127. The Morgan fingerprint density at radius 2 is 2.15 bits per heavy atom. The van der Waals surface area contributed by atoms with Gasteiger partial charge in [-0.15, -0.1) is 6.58 Å². The van der Waals surface area contributed by atoms with Crippen LogP contribution in [0.4, 0.5) is 0 Å². The molecule has 0 N–H and O–H groups in total. The second-order valence-corrected chi connectivity index (χ2v) is 3.58. The molecule has 0 aliphatic heterocycles. The number of Topliss-reactive ketones (excluding diaryl/α,β-unsaturated/α-hetero) is 1. The molecule has 0 aromatic heterocycles. The standard InChI is InChI=1S/C11H18O2/c1-2-3-8-13-9-11(12)10-6-4-5-7-10/h2,10H,1,3-9H2. The zero-order chi connectivity index (χ0) is 9.52. The lowest BCUT2D eigenvalue weighted by Gasteiger charge is -2.07. The summed E-state index contributed by atoms with van der Waals surface area (Å²) in [5.74, 6) is 0.588. The van der Waals surface area contributed by atoms with Gasteiger partial charge in [0.15, 0.2) is 5.78 Å². The molecular formula is C11H18O2. The molecule has 2 heteroatoms.